The van der Waals surface area contributed by atoms with Gasteiger partial charge in [0.2, 0.25) is 0 Å². The van der Waals surface area contributed by atoms with Gasteiger partial charge >= 0.3 is 7.82 Å². The second-order valence-electron chi connectivity index (χ2n) is 12.8. The van der Waals surface area contributed by atoms with Gasteiger partial charge in [0.05, 0.1) is 23.9 Å². The molecule has 2 unspecified atom stereocenters. The van der Waals surface area contributed by atoms with Crippen LogP contribution in [0.2, 0.25) is 0 Å². The van der Waals surface area contributed by atoms with E-state index in [0.29, 0.717) is 6.42 Å². The van der Waals surface area contributed by atoms with Crippen LogP contribution in [0, 0.1) is 0 Å². The van der Waals surface area contributed by atoms with Gasteiger partial charge in [-0.15, -0.1) is 0 Å². The normalized spacial score (nSPS) is 22.1. The van der Waals surface area contributed by atoms with Gasteiger partial charge in [0.1, 0.15) is 12.2 Å². The van der Waals surface area contributed by atoms with Crippen molar-refractivity contribution in [2.75, 3.05) is 6.61 Å². The van der Waals surface area contributed by atoms with Gasteiger partial charge in [-0.1, -0.05) is 66.7 Å². The predicted octanol–water partition coefficient (Wildman–Crippen LogP) is 8.68. The molecule has 0 saturated carbocycles. The molecule has 0 aromatic heterocycles. The van der Waals surface area contributed by atoms with Crippen molar-refractivity contribution in [3.05, 3.63) is 72.3 Å². The summed E-state index contributed by atoms with van der Waals surface area (Å²) in [4.78, 5) is 10.6. The molecule has 210 valence electrons. The Balaban J connectivity index is 1.43. The van der Waals surface area contributed by atoms with E-state index in [-0.39, 0.29) is 12.7 Å². The van der Waals surface area contributed by atoms with E-state index in [0.717, 1.165) is 10.9 Å². The van der Waals surface area contributed by atoms with Crippen LogP contribution in [0.4, 0.5) is 0 Å². The molecule has 1 aliphatic rings. The molecule has 1 aliphatic heterocycles. The average Bonchev–Trinajstić information content (AvgIpc) is 3.25. The first kappa shape index (κ1) is 27.6. The van der Waals surface area contributed by atoms with E-state index in [2.05, 4.69) is 66.7 Å². The zero-order valence-electron chi connectivity index (χ0n) is 23.9. The molecule has 1 N–H and O–H groups in total. The molecule has 5 aromatic rings. The van der Waals surface area contributed by atoms with E-state index in [1.807, 2.05) is 20.8 Å². The lowest BCUT2D eigenvalue weighted by Gasteiger charge is -2.28. The maximum atomic E-state index is 12.9. The largest absolute Gasteiger partial charge is 0.473 e. The minimum absolute atomic E-state index is 0.233. The van der Waals surface area contributed by atoms with Gasteiger partial charge in [0.25, 0.3) is 0 Å². The Morgan fingerprint density at radius 1 is 0.800 bits per heavy atom. The Kier molecular flexibility index (Phi) is 6.74. The highest BCUT2D eigenvalue weighted by atomic mass is 31.2. The Morgan fingerprint density at radius 3 is 2.00 bits per heavy atom. The van der Waals surface area contributed by atoms with Crippen molar-refractivity contribution in [2.45, 2.75) is 77.5 Å². The Labute approximate surface area is 235 Å². The number of phosphoric acid groups is 1. The molecule has 6 nitrogen and oxygen atoms in total. The summed E-state index contributed by atoms with van der Waals surface area (Å²) in [6.45, 7) is 11.3. The van der Waals surface area contributed by atoms with Gasteiger partial charge in [-0.2, -0.15) is 0 Å². The van der Waals surface area contributed by atoms with E-state index in [1.165, 1.54) is 37.7 Å². The van der Waals surface area contributed by atoms with E-state index in [9.17, 15) is 9.46 Å². The minimum atomic E-state index is -4.34. The van der Waals surface area contributed by atoms with Gasteiger partial charge in [-0.05, 0) is 90.2 Å². The smallest absolute Gasteiger partial charge is 0.373 e. The lowest BCUT2D eigenvalue weighted by atomic mass is 9.87. The molecule has 0 bridgehead atoms. The molecule has 0 spiro atoms. The Hall–Kier alpha value is -2.57. The third-order valence-corrected chi connectivity index (χ3v) is 8.76. The van der Waals surface area contributed by atoms with Gasteiger partial charge in [-0.3, -0.25) is 9.05 Å². The van der Waals surface area contributed by atoms with Crippen molar-refractivity contribution >= 4 is 50.9 Å². The van der Waals surface area contributed by atoms with Crippen molar-refractivity contribution in [1.29, 1.82) is 0 Å². The number of rotatable bonds is 6. The molecule has 1 saturated heterocycles. The van der Waals surface area contributed by atoms with E-state index in [4.69, 9.17) is 18.5 Å². The van der Waals surface area contributed by atoms with Gasteiger partial charge in [0.15, 0.2) is 0 Å². The summed E-state index contributed by atoms with van der Waals surface area (Å²) in [6.07, 6.45) is -1.15. The molecule has 4 atom stereocenters. The van der Waals surface area contributed by atoms with Crippen LogP contribution < -0.4 is 0 Å². The van der Waals surface area contributed by atoms with E-state index >= 15 is 0 Å². The number of hydrogen-bond donors (Lipinski definition) is 1. The molecule has 5 aromatic carbocycles. The second kappa shape index (κ2) is 9.77. The number of hydrogen-bond acceptors (Lipinski definition) is 5. The first-order valence-electron chi connectivity index (χ1n) is 13.9. The molecular formula is C33H37O6P. The number of phosphoric ester groups is 1. The highest BCUT2D eigenvalue weighted by molar-refractivity contribution is 7.47. The van der Waals surface area contributed by atoms with Crippen LogP contribution in [0.25, 0.3) is 43.1 Å². The standard InChI is InChI=1S/C33H37O6P/c1-32(2,3)36-19-29-28(38-40(34,35)39-33(4,5)6)18-27(37-29)21-16-17-26-24-13-8-11-20-10-7-12-23(30(20)24)25-15-9-14-22(21)31(25)26/h7-17,27-29H,18-19H2,1-6H3,(H,34,35)/t27-,28?,29-/m1/s1. The molecule has 0 amide bonds. The lowest BCUT2D eigenvalue weighted by Crippen LogP contribution is -2.33. The quantitative estimate of drug-likeness (QED) is 0.127. The summed E-state index contributed by atoms with van der Waals surface area (Å²) in [5.74, 6) is 0. The zero-order chi connectivity index (χ0) is 28.4. The van der Waals surface area contributed by atoms with Crippen molar-refractivity contribution in [1.82, 2.24) is 0 Å². The van der Waals surface area contributed by atoms with Crippen LogP contribution in [0.15, 0.2) is 66.7 Å². The number of ether oxygens (including phenoxy) is 2. The van der Waals surface area contributed by atoms with Crippen LogP contribution >= 0.6 is 7.82 Å². The molecule has 7 heteroatoms. The third kappa shape index (κ3) is 5.25. The maximum Gasteiger partial charge on any atom is 0.473 e. The summed E-state index contributed by atoms with van der Waals surface area (Å²) in [6, 6.07) is 23.7. The maximum absolute atomic E-state index is 12.9. The predicted molar refractivity (Wildman–Crippen MR) is 161 cm³/mol. The molecular weight excluding hydrogens is 523 g/mol. The van der Waals surface area contributed by atoms with Gasteiger partial charge in [-0.25, -0.2) is 4.57 Å². The number of benzene rings is 5. The minimum Gasteiger partial charge on any atom is -0.373 e. The van der Waals surface area contributed by atoms with Crippen molar-refractivity contribution < 1.29 is 28.0 Å². The zero-order valence-corrected chi connectivity index (χ0v) is 24.8. The summed E-state index contributed by atoms with van der Waals surface area (Å²) in [5, 5.41) is 9.69. The molecule has 0 radical (unpaired) electrons. The lowest BCUT2D eigenvalue weighted by molar-refractivity contribution is -0.0895. The fraction of sp³-hybridized carbons (Fsp3) is 0.394. The van der Waals surface area contributed by atoms with E-state index < -0.39 is 31.2 Å². The van der Waals surface area contributed by atoms with Crippen LogP contribution in [-0.2, 0) is 23.1 Å². The topological polar surface area (TPSA) is 74.2 Å². The van der Waals surface area contributed by atoms with Crippen LogP contribution in [0.5, 0.6) is 0 Å². The summed E-state index contributed by atoms with van der Waals surface area (Å²) >= 11 is 0. The van der Waals surface area contributed by atoms with Crippen molar-refractivity contribution in [3.8, 4) is 0 Å². The average molecular weight is 561 g/mol. The summed E-state index contributed by atoms with van der Waals surface area (Å²) < 4.78 is 36.7. The first-order chi connectivity index (χ1) is 18.8. The Bertz CT molecular complexity index is 1700. The van der Waals surface area contributed by atoms with Gasteiger partial charge in [0, 0.05) is 6.42 Å². The molecule has 0 aliphatic carbocycles. The number of fused-ring (bicyclic) bond motifs is 2. The molecule has 1 fully saturated rings. The highest BCUT2D eigenvalue weighted by Crippen LogP contribution is 2.52. The first-order valence-corrected chi connectivity index (χ1v) is 15.4. The second-order valence-corrected chi connectivity index (χ2v) is 14.1. The summed E-state index contributed by atoms with van der Waals surface area (Å²) in [7, 11) is -4.34. The monoisotopic (exact) mass is 560 g/mol. The molecule has 1 heterocycles. The Morgan fingerprint density at radius 2 is 1.38 bits per heavy atom. The van der Waals surface area contributed by atoms with Crippen LogP contribution in [-0.4, -0.2) is 34.9 Å². The van der Waals surface area contributed by atoms with Crippen molar-refractivity contribution in [2.24, 2.45) is 0 Å². The van der Waals surface area contributed by atoms with E-state index in [1.54, 1.807) is 20.8 Å². The van der Waals surface area contributed by atoms with Crippen LogP contribution in [0.3, 0.4) is 0 Å². The van der Waals surface area contributed by atoms with Crippen molar-refractivity contribution in [3.63, 3.8) is 0 Å². The van der Waals surface area contributed by atoms with Crippen LogP contribution in [0.1, 0.15) is 59.6 Å². The summed E-state index contributed by atoms with van der Waals surface area (Å²) in [5.41, 5.74) is -0.204. The fourth-order valence-corrected chi connectivity index (χ4v) is 7.29. The molecule has 40 heavy (non-hydrogen) atoms. The third-order valence-electron chi connectivity index (χ3n) is 7.44. The molecule has 6 rings (SSSR count). The fourth-order valence-electron chi connectivity index (χ4n) is 5.99. The van der Waals surface area contributed by atoms with Gasteiger partial charge < -0.3 is 14.4 Å². The highest BCUT2D eigenvalue weighted by Gasteiger charge is 2.43. The SMILES string of the molecule is CC(C)(C)OC[C@H]1O[C@@H](c2ccc3c4cccc5cccc(c6cccc2c63)c54)CC1OP(=O)(O)OC(C)(C)C.